The van der Waals surface area contributed by atoms with Gasteiger partial charge in [0.05, 0.1) is 21.4 Å². The van der Waals surface area contributed by atoms with Gasteiger partial charge in [0, 0.05) is 21.3 Å². The maximum atomic E-state index is 12.5. The molecule has 0 aliphatic carbocycles. The van der Waals surface area contributed by atoms with E-state index in [1.165, 1.54) is 0 Å². The molecule has 134 valence electrons. The van der Waals surface area contributed by atoms with Crippen LogP contribution < -0.4 is 5.32 Å². The molecule has 0 aromatic heterocycles. The molecule has 6 heteroatoms. The van der Waals surface area contributed by atoms with Crippen LogP contribution in [0.2, 0.25) is 0 Å². The second-order valence-electron chi connectivity index (χ2n) is 6.60. The molecule has 0 fully saturated rings. The van der Waals surface area contributed by atoms with Crippen LogP contribution in [0.3, 0.4) is 0 Å². The Morgan fingerprint density at radius 2 is 1.89 bits per heavy atom. The van der Waals surface area contributed by atoms with Crippen LogP contribution >= 0.6 is 31.9 Å². The van der Waals surface area contributed by atoms with Crippen molar-refractivity contribution < 1.29 is 14.6 Å². The van der Waals surface area contributed by atoms with Crippen molar-refractivity contribution in [3.8, 4) is 5.75 Å². The number of esters is 1. The molecule has 0 bridgehead atoms. The number of fused-ring (bicyclic) bond motifs is 3. The van der Waals surface area contributed by atoms with Crippen molar-refractivity contribution in [2.24, 2.45) is 0 Å². The summed E-state index contributed by atoms with van der Waals surface area (Å²) in [6, 6.07) is 15.8. The third-order valence-electron chi connectivity index (χ3n) is 5.10. The molecular formula is C21H13Br2NO3. The quantitative estimate of drug-likeness (QED) is 0.450. The van der Waals surface area contributed by atoms with E-state index in [9.17, 15) is 9.90 Å². The second-order valence-corrected chi connectivity index (χ2v) is 8.37. The number of carbonyl (C=O) groups is 1. The van der Waals surface area contributed by atoms with Gasteiger partial charge in [0.1, 0.15) is 12.4 Å². The third kappa shape index (κ3) is 2.51. The van der Waals surface area contributed by atoms with Gasteiger partial charge in [-0.3, -0.25) is 0 Å². The Morgan fingerprint density at radius 1 is 1.07 bits per heavy atom. The molecule has 2 N–H and O–H groups in total. The van der Waals surface area contributed by atoms with Crippen LogP contribution in [0.15, 0.2) is 68.7 Å². The van der Waals surface area contributed by atoms with Crippen LogP contribution in [0.4, 0.5) is 5.69 Å². The molecular weight excluding hydrogens is 474 g/mol. The molecule has 5 rings (SSSR count). The van der Waals surface area contributed by atoms with Gasteiger partial charge in [-0.25, -0.2) is 4.79 Å². The summed E-state index contributed by atoms with van der Waals surface area (Å²) in [5, 5.41) is 16.3. The highest BCUT2D eigenvalue weighted by atomic mass is 79.9. The van der Waals surface area contributed by atoms with Gasteiger partial charge < -0.3 is 15.2 Å². The fourth-order valence-electron chi connectivity index (χ4n) is 3.92. The van der Waals surface area contributed by atoms with E-state index in [2.05, 4.69) is 49.3 Å². The highest BCUT2D eigenvalue weighted by molar-refractivity contribution is 9.11. The summed E-state index contributed by atoms with van der Waals surface area (Å²) in [6.45, 7) is 0.212. The number of carbonyl (C=O) groups excluding carboxylic acids is 1. The van der Waals surface area contributed by atoms with Gasteiger partial charge in [-0.15, -0.1) is 0 Å². The molecule has 27 heavy (non-hydrogen) atoms. The largest absolute Gasteiger partial charge is 0.506 e. The molecule has 3 aromatic rings. The van der Waals surface area contributed by atoms with Crippen molar-refractivity contribution in [3.05, 3.63) is 79.9 Å². The number of rotatable bonds is 1. The Bertz CT molecular complexity index is 1170. The van der Waals surface area contributed by atoms with Crippen LogP contribution in [-0.2, 0) is 9.53 Å². The van der Waals surface area contributed by atoms with Crippen LogP contribution in [0.1, 0.15) is 17.0 Å². The van der Waals surface area contributed by atoms with E-state index in [4.69, 9.17) is 4.74 Å². The molecule has 2 aliphatic heterocycles. The minimum atomic E-state index is -0.412. The van der Waals surface area contributed by atoms with E-state index in [-0.39, 0.29) is 18.3 Å². The lowest BCUT2D eigenvalue weighted by Gasteiger charge is -2.29. The van der Waals surface area contributed by atoms with Gasteiger partial charge in [-0.2, -0.15) is 0 Å². The van der Waals surface area contributed by atoms with Crippen molar-refractivity contribution in [1.29, 1.82) is 0 Å². The summed E-state index contributed by atoms with van der Waals surface area (Å²) in [5.74, 6) is -0.641. The van der Waals surface area contributed by atoms with Crippen molar-refractivity contribution in [3.63, 3.8) is 0 Å². The zero-order valence-corrected chi connectivity index (χ0v) is 17.1. The van der Waals surface area contributed by atoms with E-state index < -0.39 is 5.92 Å². The van der Waals surface area contributed by atoms with E-state index in [1.807, 2.05) is 30.3 Å². The minimum Gasteiger partial charge on any atom is -0.506 e. The average Bonchev–Trinajstić information content (AvgIpc) is 3.03. The Kier molecular flexibility index (Phi) is 3.81. The van der Waals surface area contributed by atoms with Crippen LogP contribution in [0, 0.1) is 0 Å². The molecule has 4 nitrogen and oxygen atoms in total. The molecule has 0 amide bonds. The zero-order valence-electron chi connectivity index (χ0n) is 13.9. The zero-order chi connectivity index (χ0) is 18.7. The molecule has 3 aromatic carbocycles. The molecule has 2 heterocycles. The number of nitrogens with one attached hydrogen (secondary N) is 1. The Morgan fingerprint density at radius 3 is 2.74 bits per heavy atom. The summed E-state index contributed by atoms with van der Waals surface area (Å²) < 4.78 is 6.70. The van der Waals surface area contributed by atoms with E-state index in [0.29, 0.717) is 15.6 Å². The van der Waals surface area contributed by atoms with E-state index in [0.717, 1.165) is 32.2 Å². The fourth-order valence-corrected chi connectivity index (χ4v) is 5.17. The molecule has 0 radical (unpaired) electrons. The lowest BCUT2D eigenvalue weighted by atomic mass is 9.80. The number of ether oxygens (including phenoxy) is 1. The first-order chi connectivity index (χ1) is 13.0. The summed E-state index contributed by atoms with van der Waals surface area (Å²) in [7, 11) is 0. The van der Waals surface area contributed by atoms with Crippen molar-refractivity contribution in [2.75, 3.05) is 11.9 Å². The topological polar surface area (TPSA) is 58.6 Å². The number of aromatic hydroxyl groups is 1. The number of benzene rings is 3. The smallest absolute Gasteiger partial charge is 0.337 e. The minimum absolute atomic E-state index is 0.121. The summed E-state index contributed by atoms with van der Waals surface area (Å²) in [4.78, 5) is 12.5. The Balaban J connectivity index is 1.84. The van der Waals surface area contributed by atoms with Crippen molar-refractivity contribution >= 4 is 54.3 Å². The summed E-state index contributed by atoms with van der Waals surface area (Å²) in [5.41, 5.74) is 3.85. The third-order valence-corrected chi connectivity index (χ3v) is 6.16. The predicted molar refractivity (Wildman–Crippen MR) is 111 cm³/mol. The van der Waals surface area contributed by atoms with Gasteiger partial charge in [0.15, 0.2) is 0 Å². The molecule has 0 spiro atoms. The lowest BCUT2D eigenvalue weighted by Crippen LogP contribution is -2.20. The number of anilines is 1. The van der Waals surface area contributed by atoms with Gasteiger partial charge in [-0.05, 0) is 39.0 Å². The van der Waals surface area contributed by atoms with E-state index in [1.54, 1.807) is 6.07 Å². The van der Waals surface area contributed by atoms with Crippen LogP contribution in [0.25, 0.3) is 10.8 Å². The van der Waals surface area contributed by atoms with Crippen LogP contribution in [0.5, 0.6) is 5.75 Å². The first-order valence-electron chi connectivity index (χ1n) is 8.41. The fraction of sp³-hybridized carbons (Fsp3) is 0.0952. The van der Waals surface area contributed by atoms with Gasteiger partial charge >= 0.3 is 5.97 Å². The number of hydrogen-bond acceptors (Lipinski definition) is 4. The maximum Gasteiger partial charge on any atom is 0.337 e. The number of phenols is 1. The maximum absolute atomic E-state index is 12.5. The predicted octanol–water partition coefficient (Wildman–Crippen LogP) is 5.44. The van der Waals surface area contributed by atoms with Gasteiger partial charge in [0.2, 0.25) is 0 Å². The number of halogens is 2. The SMILES string of the molecule is O=C1OCC2=C1C(c1cc(Br)cc(Br)c1O)c1ccc3ccccc3c1N2. The number of phenolic OH excluding ortho intramolecular Hbond substituents is 1. The van der Waals surface area contributed by atoms with Crippen molar-refractivity contribution in [2.45, 2.75) is 5.92 Å². The Hall–Kier alpha value is -2.31. The first-order valence-corrected chi connectivity index (χ1v) is 10.00. The Labute approximate surface area is 172 Å². The normalized spacial score (nSPS) is 18.1. The molecule has 2 aliphatic rings. The molecule has 0 saturated carbocycles. The molecule has 1 unspecified atom stereocenters. The standard InChI is InChI=1S/C21H13Br2NO3/c22-11-7-14(20(25)15(23)8-11)17-13-6-5-10-3-1-2-4-12(10)19(13)24-16-9-27-21(26)18(16)17/h1-8,17,24-25H,9H2. The highest BCUT2D eigenvalue weighted by Gasteiger charge is 2.40. The highest BCUT2D eigenvalue weighted by Crippen LogP contribution is 2.50. The number of cyclic esters (lactones) is 1. The van der Waals surface area contributed by atoms with E-state index >= 15 is 0 Å². The lowest BCUT2D eigenvalue weighted by molar-refractivity contribution is -0.136. The summed E-state index contributed by atoms with van der Waals surface area (Å²) in [6.07, 6.45) is 0. The van der Waals surface area contributed by atoms with Crippen molar-refractivity contribution in [1.82, 2.24) is 0 Å². The summed E-state index contributed by atoms with van der Waals surface area (Å²) >= 11 is 6.90. The average molecular weight is 487 g/mol. The molecule has 0 saturated heterocycles. The number of hydrogen-bond donors (Lipinski definition) is 2. The van der Waals surface area contributed by atoms with Gasteiger partial charge in [-0.1, -0.05) is 52.3 Å². The monoisotopic (exact) mass is 485 g/mol. The first kappa shape index (κ1) is 16.8. The molecule has 1 atom stereocenters. The van der Waals surface area contributed by atoms with Crippen LogP contribution in [-0.4, -0.2) is 17.7 Å². The van der Waals surface area contributed by atoms with Gasteiger partial charge in [0.25, 0.3) is 0 Å². The second kappa shape index (κ2) is 6.11.